The van der Waals surface area contributed by atoms with Crippen molar-refractivity contribution in [3.8, 4) is 0 Å². The number of fused-ring (bicyclic) bond motifs is 1. The van der Waals surface area contributed by atoms with Crippen molar-refractivity contribution in [1.82, 2.24) is 24.8 Å². The van der Waals surface area contributed by atoms with E-state index in [1.165, 1.54) is 4.52 Å². The molecule has 0 radical (unpaired) electrons. The molecule has 8 nitrogen and oxygen atoms in total. The number of nitrogens with zero attached hydrogens (tertiary/aromatic N) is 5. The highest BCUT2D eigenvalue weighted by Crippen LogP contribution is 2.44. The fourth-order valence-corrected chi connectivity index (χ4v) is 5.31. The molecular formula is C25H29F2N5O3. The second-order valence-electron chi connectivity index (χ2n) is 10.4. The van der Waals surface area contributed by atoms with Gasteiger partial charge in [-0.25, -0.2) is 13.8 Å². The van der Waals surface area contributed by atoms with Crippen molar-refractivity contribution in [2.45, 2.75) is 95.0 Å². The van der Waals surface area contributed by atoms with E-state index in [-0.39, 0.29) is 36.3 Å². The summed E-state index contributed by atoms with van der Waals surface area (Å²) in [5, 5.41) is 13.1. The van der Waals surface area contributed by atoms with Crippen LogP contribution in [0, 0.1) is 13.8 Å². The van der Waals surface area contributed by atoms with Gasteiger partial charge in [-0.1, -0.05) is 0 Å². The molecule has 0 amide bonds. The van der Waals surface area contributed by atoms with Crippen LogP contribution in [0.1, 0.15) is 110 Å². The predicted octanol–water partition coefficient (Wildman–Crippen LogP) is 4.89. The lowest BCUT2D eigenvalue weighted by molar-refractivity contribution is -0.0382. The molecular weight excluding hydrogens is 456 g/mol. The zero-order valence-corrected chi connectivity index (χ0v) is 20.0. The largest absolute Gasteiger partial charge is 0.422 e. The predicted molar refractivity (Wildman–Crippen MR) is 122 cm³/mol. The highest BCUT2D eigenvalue weighted by atomic mass is 19.3. The topological polar surface area (TPSA) is 95.4 Å². The zero-order valence-electron chi connectivity index (χ0n) is 20.0. The summed E-state index contributed by atoms with van der Waals surface area (Å²) in [7, 11) is 0. The number of hydrogen-bond acceptors (Lipinski definition) is 7. The van der Waals surface area contributed by atoms with Crippen molar-refractivity contribution in [2.24, 2.45) is 0 Å². The third kappa shape index (κ3) is 4.26. The molecule has 0 N–H and O–H groups in total. The smallest absolute Gasteiger partial charge is 0.277 e. The van der Waals surface area contributed by atoms with Crippen LogP contribution in [0.2, 0.25) is 0 Å². The number of ether oxygens (including phenoxy) is 1. The molecule has 1 aliphatic heterocycles. The number of rotatable bonds is 4. The first-order valence-corrected chi connectivity index (χ1v) is 12.5. The molecule has 2 atom stereocenters. The first-order valence-electron chi connectivity index (χ1n) is 12.5. The highest BCUT2D eigenvalue weighted by molar-refractivity contribution is 5.51. The van der Waals surface area contributed by atoms with Crippen LogP contribution in [0.25, 0.3) is 5.65 Å². The lowest BCUT2D eigenvalue weighted by atomic mass is 9.81. The lowest BCUT2D eigenvalue weighted by Gasteiger charge is -2.30. The number of aryl methyl sites for hydroxylation is 1. The molecule has 0 bridgehead atoms. The van der Waals surface area contributed by atoms with Gasteiger partial charge in [-0.3, -0.25) is 4.79 Å². The van der Waals surface area contributed by atoms with Crippen LogP contribution in [-0.4, -0.2) is 37.3 Å². The summed E-state index contributed by atoms with van der Waals surface area (Å²) in [5.74, 6) is -1.18. The van der Waals surface area contributed by atoms with E-state index in [9.17, 15) is 13.6 Å². The molecule has 4 heterocycles. The summed E-state index contributed by atoms with van der Waals surface area (Å²) < 4.78 is 41.0. The third-order valence-electron chi connectivity index (χ3n) is 7.82. The fourth-order valence-electron chi connectivity index (χ4n) is 5.31. The molecule has 0 spiro atoms. The SMILES string of the molecule is Cc1nc2c(C3CCC(F)(F)CC3)cc([C@@H]3CCO[C@H](c4nnc(C5CC5)o4)C3)nn2c(=O)c1C. The maximum atomic E-state index is 13.9. The lowest BCUT2D eigenvalue weighted by Crippen LogP contribution is -2.28. The maximum absolute atomic E-state index is 13.9. The number of alkyl halides is 2. The third-order valence-corrected chi connectivity index (χ3v) is 7.82. The minimum Gasteiger partial charge on any atom is -0.422 e. The Hall–Kier alpha value is -2.75. The van der Waals surface area contributed by atoms with Gasteiger partial charge in [0.25, 0.3) is 5.56 Å². The van der Waals surface area contributed by atoms with Gasteiger partial charge in [0.1, 0.15) is 6.10 Å². The Morgan fingerprint density at radius 2 is 1.74 bits per heavy atom. The normalized spacial score (nSPS) is 25.3. The van der Waals surface area contributed by atoms with Crippen LogP contribution in [0.3, 0.4) is 0 Å². The molecule has 3 aromatic heterocycles. The van der Waals surface area contributed by atoms with Crippen molar-refractivity contribution in [1.29, 1.82) is 0 Å². The van der Waals surface area contributed by atoms with Crippen molar-refractivity contribution in [2.75, 3.05) is 6.61 Å². The van der Waals surface area contributed by atoms with Gasteiger partial charge in [-0.05, 0) is 64.4 Å². The van der Waals surface area contributed by atoms with Gasteiger partial charge in [0.15, 0.2) is 5.65 Å². The second-order valence-corrected chi connectivity index (χ2v) is 10.4. The molecule has 0 unspecified atom stereocenters. The van der Waals surface area contributed by atoms with E-state index < -0.39 is 5.92 Å². The summed E-state index contributed by atoms with van der Waals surface area (Å²) in [6.07, 6.45) is 3.55. The van der Waals surface area contributed by atoms with Gasteiger partial charge >= 0.3 is 0 Å². The van der Waals surface area contributed by atoms with Crippen LogP contribution in [0.4, 0.5) is 8.78 Å². The maximum Gasteiger partial charge on any atom is 0.277 e. The van der Waals surface area contributed by atoms with Gasteiger partial charge in [-0.15, -0.1) is 10.2 Å². The Kier molecular flexibility index (Phi) is 5.47. The number of halogens is 2. The van der Waals surface area contributed by atoms with Crippen LogP contribution in [-0.2, 0) is 4.74 Å². The van der Waals surface area contributed by atoms with Gasteiger partial charge in [0.2, 0.25) is 17.7 Å². The molecule has 6 rings (SSSR count). The summed E-state index contributed by atoms with van der Waals surface area (Å²) in [6, 6.07) is 1.99. The van der Waals surface area contributed by atoms with E-state index in [0.29, 0.717) is 60.5 Å². The molecule has 3 fully saturated rings. The van der Waals surface area contributed by atoms with E-state index in [4.69, 9.17) is 14.3 Å². The molecule has 0 aromatic carbocycles. The van der Waals surface area contributed by atoms with Crippen molar-refractivity contribution < 1.29 is 17.9 Å². The standard InChI is InChI=1S/C25H29F2N5O3/c1-13-14(2)28-21-18(15-5-8-25(26,27)9-6-15)12-19(31-32(21)24(13)33)17-7-10-34-20(11-17)23-30-29-22(35-23)16-3-4-16/h12,15-17,20H,3-11H2,1-2H3/t17-,20+/m1/s1. The van der Waals surface area contributed by atoms with E-state index in [0.717, 1.165) is 30.5 Å². The molecule has 3 aromatic rings. The van der Waals surface area contributed by atoms with Gasteiger partial charge in [-0.2, -0.15) is 9.61 Å². The van der Waals surface area contributed by atoms with Crippen LogP contribution < -0.4 is 5.56 Å². The molecule has 10 heteroatoms. The van der Waals surface area contributed by atoms with E-state index in [1.54, 1.807) is 13.8 Å². The Bertz CT molecular complexity index is 1320. The van der Waals surface area contributed by atoms with E-state index in [1.807, 2.05) is 6.07 Å². The Labute approximate surface area is 201 Å². The fraction of sp³-hybridized carbons (Fsp3) is 0.640. The minimum absolute atomic E-state index is 0.00622. The molecule has 2 aliphatic carbocycles. The summed E-state index contributed by atoms with van der Waals surface area (Å²) in [6.45, 7) is 4.04. The number of hydrogen-bond donors (Lipinski definition) is 0. The van der Waals surface area contributed by atoms with E-state index in [2.05, 4.69) is 15.2 Å². The van der Waals surface area contributed by atoms with Crippen LogP contribution in [0.5, 0.6) is 0 Å². The average Bonchev–Trinajstić information content (AvgIpc) is 3.59. The molecule has 2 saturated carbocycles. The van der Waals surface area contributed by atoms with E-state index >= 15 is 0 Å². The van der Waals surface area contributed by atoms with Crippen molar-refractivity contribution >= 4 is 5.65 Å². The quantitative estimate of drug-likeness (QED) is 0.519. The monoisotopic (exact) mass is 485 g/mol. The van der Waals surface area contributed by atoms with Crippen molar-refractivity contribution in [3.63, 3.8) is 0 Å². The molecule has 186 valence electrons. The average molecular weight is 486 g/mol. The van der Waals surface area contributed by atoms with Gasteiger partial charge < -0.3 is 9.15 Å². The summed E-state index contributed by atoms with van der Waals surface area (Å²) >= 11 is 0. The number of aromatic nitrogens is 5. The highest BCUT2D eigenvalue weighted by Gasteiger charge is 2.38. The Morgan fingerprint density at radius 1 is 1.00 bits per heavy atom. The second kappa shape index (κ2) is 8.43. The van der Waals surface area contributed by atoms with Gasteiger partial charge in [0, 0.05) is 48.1 Å². The molecule has 35 heavy (non-hydrogen) atoms. The summed E-state index contributed by atoms with van der Waals surface area (Å²) in [4.78, 5) is 17.8. The first kappa shape index (κ1) is 22.7. The van der Waals surface area contributed by atoms with Crippen LogP contribution in [0.15, 0.2) is 15.3 Å². The first-order chi connectivity index (χ1) is 16.8. The Balaban J connectivity index is 1.37. The van der Waals surface area contributed by atoms with Gasteiger partial charge in [0.05, 0.1) is 5.69 Å². The molecule has 1 saturated heterocycles. The zero-order chi connectivity index (χ0) is 24.3. The molecule has 3 aliphatic rings. The Morgan fingerprint density at radius 3 is 2.49 bits per heavy atom. The van der Waals surface area contributed by atoms with Crippen molar-refractivity contribution in [3.05, 3.63) is 50.7 Å². The van der Waals surface area contributed by atoms with Crippen LogP contribution >= 0.6 is 0 Å². The minimum atomic E-state index is -2.63. The summed E-state index contributed by atoms with van der Waals surface area (Å²) in [5.41, 5.74) is 3.03.